The van der Waals surface area contributed by atoms with E-state index in [0.29, 0.717) is 17.8 Å². The van der Waals surface area contributed by atoms with E-state index < -0.39 is 0 Å². The van der Waals surface area contributed by atoms with E-state index in [9.17, 15) is 9.59 Å². The standard InChI is InChI=1S/C16H20N2O2S/c1-9-6-7-21-13(9)8-18(5)16(20)15-10(2)14(12(4)19)11(3)17-15/h6-7,17H,8H2,1-5H3. The Morgan fingerprint density at radius 2 is 1.95 bits per heavy atom. The second kappa shape index (κ2) is 5.85. The van der Waals surface area contributed by atoms with E-state index in [4.69, 9.17) is 0 Å². The fourth-order valence-electron chi connectivity index (χ4n) is 2.54. The van der Waals surface area contributed by atoms with Gasteiger partial charge in [-0.25, -0.2) is 0 Å². The van der Waals surface area contributed by atoms with Gasteiger partial charge in [0.1, 0.15) is 5.69 Å². The van der Waals surface area contributed by atoms with Gasteiger partial charge in [-0.2, -0.15) is 0 Å². The molecule has 1 amide bonds. The number of carbonyl (C=O) groups excluding carboxylic acids is 2. The molecule has 2 aromatic heterocycles. The Labute approximate surface area is 128 Å². The van der Waals surface area contributed by atoms with Gasteiger partial charge in [-0.15, -0.1) is 11.3 Å². The van der Waals surface area contributed by atoms with E-state index in [1.807, 2.05) is 26.2 Å². The molecule has 0 bridgehead atoms. The fraction of sp³-hybridized carbons (Fsp3) is 0.375. The number of Topliss-reactive ketones (excluding diaryl/α,β-unsaturated/α-hetero) is 1. The molecule has 2 heterocycles. The normalized spacial score (nSPS) is 10.7. The van der Waals surface area contributed by atoms with Crippen molar-refractivity contribution in [3.63, 3.8) is 0 Å². The summed E-state index contributed by atoms with van der Waals surface area (Å²) >= 11 is 1.65. The maximum atomic E-state index is 12.6. The van der Waals surface area contributed by atoms with E-state index >= 15 is 0 Å². The zero-order valence-corrected chi connectivity index (χ0v) is 13.9. The van der Waals surface area contributed by atoms with Gasteiger partial charge in [0.25, 0.3) is 5.91 Å². The predicted molar refractivity (Wildman–Crippen MR) is 85.1 cm³/mol. The van der Waals surface area contributed by atoms with Crippen LogP contribution in [-0.4, -0.2) is 28.6 Å². The van der Waals surface area contributed by atoms with Gasteiger partial charge in [0.2, 0.25) is 0 Å². The summed E-state index contributed by atoms with van der Waals surface area (Å²) < 4.78 is 0. The van der Waals surface area contributed by atoms with Crippen LogP contribution in [0.3, 0.4) is 0 Å². The maximum absolute atomic E-state index is 12.6. The lowest BCUT2D eigenvalue weighted by atomic mass is 10.1. The molecule has 5 heteroatoms. The van der Waals surface area contributed by atoms with E-state index in [1.54, 1.807) is 23.3 Å². The van der Waals surface area contributed by atoms with Gasteiger partial charge >= 0.3 is 0 Å². The number of hydrogen-bond donors (Lipinski definition) is 1. The maximum Gasteiger partial charge on any atom is 0.270 e. The predicted octanol–water partition coefficient (Wildman–Crippen LogP) is 3.48. The molecule has 0 aliphatic rings. The van der Waals surface area contributed by atoms with Crippen LogP contribution in [0.4, 0.5) is 0 Å². The Balaban J connectivity index is 2.26. The molecule has 0 aliphatic carbocycles. The summed E-state index contributed by atoms with van der Waals surface area (Å²) in [5.74, 6) is -0.104. The third-order valence-electron chi connectivity index (χ3n) is 3.70. The lowest BCUT2D eigenvalue weighted by molar-refractivity contribution is 0.0780. The monoisotopic (exact) mass is 304 g/mol. The molecule has 0 aromatic carbocycles. The first-order valence-corrected chi connectivity index (χ1v) is 7.69. The molecule has 4 nitrogen and oxygen atoms in total. The summed E-state index contributed by atoms with van der Waals surface area (Å²) in [6.07, 6.45) is 0. The number of hydrogen-bond acceptors (Lipinski definition) is 3. The zero-order valence-electron chi connectivity index (χ0n) is 13.0. The Morgan fingerprint density at radius 1 is 1.29 bits per heavy atom. The Hall–Kier alpha value is -1.88. The smallest absolute Gasteiger partial charge is 0.270 e. The molecular weight excluding hydrogens is 284 g/mol. The molecular formula is C16H20N2O2S. The van der Waals surface area contributed by atoms with Crippen LogP contribution in [0, 0.1) is 20.8 Å². The second-order valence-electron chi connectivity index (χ2n) is 5.37. The summed E-state index contributed by atoms with van der Waals surface area (Å²) in [6.45, 7) is 7.79. The molecule has 0 atom stereocenters. The lowest BCUT2D eigenvalue weighted by Gasteiger charge is -2.16. The first kappa shape index (κ1) is 15.5. The minimum absolute atomic E-state index is 0.0166. The minimum Gasteiger partial charge on any atom is -0.354 e. The number of amides is 1. The molecule has 0 spiro atoms. The van der Waals surface area contributed by atoms with Crippen LogP contribution in [0.1, 0.15) is 49.5 Å². The topological polar surface area (TPSA) is 53.2 Å². The number of ketones is 1. The first-order valence-electron chi connectivity index (χ1n) is 6.81. The summed E-state index contributed by atoms with van der Waals surface area (Å²) in [5.41, 5.74) is 3.82. The highest BCUT2D eigenvalue weighted by atomic mass is 32.1. The molecule has 2 rings (SSSR count). The van der Waals surface area contributed by atoms with Crippen molar-refractivity contribution in [2.45, 2.75) is 34.2 Å². The van der Waals surface area contributed by atoms with Crippen molar-refractivity contribution in [3.8, 4) is 0 Å². The minimum atomic E-state index is -0.0871. The Morgan fingerprint density at radius 3 is 2.43 bits per heavy atom. The number of rotatable bonds is 4. The van der Waals surface area contributed by atoms with Crippen molar-refractivity contribution in [2.24, 2.45) is 0 Å². The molecule has 112 valence electrons. The SMILES string of the molecule is CC(=O)c1c(C)[nH]c(C(=O)N(C)Cc2sccc2C)c1C. The molecule has 2 aromatic rings. The Kier molecular flexibility index (Phi) is 4.32. The number of nitrogens with zero attached hydrogens (tertiary/aromatic N) is 1. The summed E-state index contributed by atoms with van der Waals surface area (Å²) in [7, 11) is 1.78. The van der Waals surface area contributed by atoms with Crippen molar-refractivity contribution >= 4 is 23.0 Å². The van der Waals surface area contributed by atoms with Crippen LogP contribution in [0.25, 0.3) is 0 Å². The van der Waals surface area contributed by atoms with Crippen LogP contribution >= 0.6 is 11.3 Å². The van der Waals surface area contributed by atoms with Gasteiger partial charge in [-0.3, -0.25) is 9.59 Å². The van der Waals surface area contributed by atoms with Gasteiger partial charge in [-0.1, -0.05) is 0 Å². The number of aromatic amines is 1. The number of thiophene rings is 1. The highest BCUT2D eigenvalue weighted by Crippen LogP contribution is 2.22. The molecule has 0 saturated heterocycles. The van der Waals surface area contributed by atoms with Crippen molar-refractivity contribution in [1.29, 1.82) is 0 Å². The molecule has 0 radical (unpaired) electrons. The van der Waals surface area contributed by atoms with E-state index in [1.165, 1.54) is 17.4 Å². The van der Waals surface area contributed by atoms with E-state index in [-0.39, 0.29) is 11.7 Å². The Bertz CT molecular complexity index is 697. The van der Waals surface area contributed by atoms with Crippen LogP contribution in [-0.2, 0) is 6.54 Å². The van der Waals surface area contributed by atoms with Gasteiger partial charge in [0.05, 0.1) is 6.54 Å². The van der Waals surface area contributed by atoms with Crippen LogP contribution in [0.15, 0.2) is 11.4 Å². The quantitative estimate of drug-likeness (QED) is 0.879. The molecule has 0 saturated carbocycles. The first-order chi connectivity index (χ1) is 9.82. The van der Waals surface area contributed by atoms with Gasteiger partial charge in [0, 0.05) is 23.2 Å². The average molecular weight is 304 g/mol. The van der Waals surface area contributed by atoms with E-state index in [2.05, 4.69) is 11.1 Å². The summed E-state index contributed by atoms with van der Waals surface area (Å²) in [6, 6.07) is 2.05. The summed E-state index contributed by atoms with van der Waals surface area (Å²) in [4.78, 5) is 30.2. The number of aromatic nitrogens is 1. The molecule has 0 unspecified atom stereocenters. The van der Waals surface area contributed by atoms with Crippen molar-refractivity contribution < 1.29 is 9.59 Å². The lowest BCUT2D eigenvalue weighted by Crippen LogP contribution is -2.27. The van der Waals surface area contributed by atoms with Crippen molar-refractivity contribution in [1.82, 2.24) is 9.88 Å². The number of aryl methyl sites for hydroxylation is 2. The van der Waals surface area contributed by atoms with Crippen LogP contribution < -0.4 is 0 Å². The number of nitrogens with one attached hydrogen (secondary N) is 1. The molecule has 21 heavy (non-hydrogen) atoms. The highest BCUT2D eigenvalue weighted by molar-refractivity contribution is 7.10. The van der Waals surface area contributed by atoms with E-state index in [0.717, 1.165) is 11.3 Å². The third kappa shape index (κ3) is 2.93. The zero-order chi connectivity index (χ0) is 15.7. The van der Waals surface area contributed by atoms with Crippen molar-refractivity contribution in [3.05, 3.63) is 44.4 Å². The number of H-pyrrole nitrogens is 1. The second-order valence-corrected chi connectivity index (χ2v) is 6.37. The molecule has 0 aliphatic heterocycles. The third-order valence-corrected chi connectivity index (χ3v) is 4.71. The summed E-state index contributed by atoms with van der Waals surface area (Å²) in [5, 5.41) is 2.03. The molecule has 0 fully saturated rings. The van der Waals surface area contributed by atoms with Crippen LogP contribution in [0.2, 0.25) is 0 Å². The largest absolute Gasteiger partial charge is 0.354 e. The fourth-order valence-corrected chi connectivity index (χ4v) is 3.49. The van der Waals surface area contributed by atoms with Gasteiger partial charge in [-0.05, 0) is 50.3 Å². The van der Waals surface area contributed by atoms with Gasteiger partial charge < -0.3 is 9.88 Å². The average Bonchev–Trinajstić information content (AvgIpc) is 2.92. The highest BCUT2D eigenvalue weighted by Gasteiger charge is 2.22. The van der Waals surface area contributed by atoms with Crippen LogP contribution in [0.5, 0.6) is 0 Å². The van der Waals surface area contributed by atoms with Crippen molar-refractivity contribution in [2.75, 3.05) is 7.05 Å². The molecule has 1 N–H and O–H groups in total. The van der Waals surface area contributed by atoms with Gasteiger partial charge in [0.15, 0.2) is 5.78 Å². The number of carbonyl (C=O) groups is 2.